The summed E-state index contributed by atoms with van der Waals surface area (Å²) in [6.07, 6.45) is 12.5. The van der Waals surface area contributed by atoms with Crippen molar-refractivity contribution >= 4 is 55.3 Å². The van der Waals surface area contributed by atoms with E-state index in [1.54, 1.807) is 0 Å². The van der Waals surface area contributed by atoms with Crippen molar-refractivity contribution in [1.29, 1.82) is 0 Å². The molecule has 2 aromatic heterocycles. The second-order valence-corrected chi connectivity index (χ2v) is 15.1. The molecule has 0 fully saturated rings. The molecule has 5 nitrogen and oxygen atoms in total. The Balaban J connectivity index is 1.04. The third-order valence-corrected chi connectivity index (χ3v) is 11.8. The Labute approximate surface area is 335 Å². The van der Waals surface area contributed by atoms with Gasteiger partial charge in [0.05, 0.1) is 5.69 Å². The molecule has 0 aliphatic heterocycles. The van der Waals surface area contributed by atoms with E-state index in [1.807, 2.05) is 72.8 Å². The van der Waals surface area contributed by atoms with Gasteiger partial charge in [-0.05, 0) is 76.1 Å². The maximum absolute atomic E-state index is 6.74. The SMILES string of the molecule is C1=CC2C3=C(C=CCC3=C1)c1ccc(N(c3ccccc3)c3ccc4c(c3)oc3cccc(-c5nc(-c6ccccc6)nc(-c6ccccc6)n5)c34)c3cccc2c13. The van der Waals surface area contributed by atoms with Gasteiger partial charge in [0.2, 0.25) is 0 Å². The lowest BCUT2D eigenvalue weighted by molar-refractivity contribution is 0.669. The highest BCUT2D eigenvalue weighted by molar-refractivity contribution is 6.14. The first-order valence-electron chi connectivity index (χ1n) is 19.8. The zero-order valence-electron chi connectivity index (χ0n) is 31.4. The van der Waals surface area contributed by atoms with Gasteiger partial charge in [0.1, 0.15) is 11.2 Å². The summed E-state index contributed by atoms with van der Waals surface area (Å²) < 4.78 is 6.74. The van der Waals surface area contributed by atoms with Crippen molar-refractivity contribution in [2.75, 3.05) is 4.90 Å². The van der Waals surface area contributed by atoms with E-state index in [0.29, 0.717) is 17.5 Å². The maximum atomic E-state index is 6.74. The number of anilines is 3. The normalized spacial score (nSPS) is 15.2. The van der Waals surface area contributed by atoms with Crippen LogP contribution in [0.3, 0.4) is 0 Å². The minimum atomic E-state index is 0.245. The molecule has 2 heterocycles. The number of para-hydroxylation sites is 1. The van der Waals surface area contributed by atoms with Crippen LogP contribution >= 0.6 is 0 Å². The molecule has 7 aromatic carbocycles. The minimum Gasteiger partial charge on any atom is -0.456 e. The monoisotopic (exact) mass is 742 g/mol. The quantitative estimate of drug-likeness (QED) is 0.170. The molecular formula is C53H34N4O. The molecule has 3 aliphatic rings. The highest BCUT2D eigenvalue weighted by atomic mass is 16.3. The molecule has 5 heteroatoms. The number of hydrogen-bond donors (Lipinski definition) is 0. The van der Waals surface area contributed by atoms with E-state index >= 15 is 0 Å². The van der Waals surface area contributed by atoms with Crippen LogP contribution in [-0.4, -0.2) is 15.0 Å². The van der Waals surface area contributed by atoms with Crippen LogP contribution in [0, 0.1) is 0 Å². The number of rotatable bonds is 6. The standard InChI is InChI=1S/C53H34N4O/c1-4-14-34(15-5-1)51-54-52(35-16-6-2-7-17-35)56-53(55-51)44-26-13-27-46-50(44)43-29-28-37(32-47(43)58-46)57(36-20-8-3-9-21-36)45-31-30-41-39-23-11-19-33-18-10-22-38(48(33)39)40-24-12-25-42(45)49(40)41/h1-18,20-32,38H,19H2. The Hall–Kier alpha value is -7.63. The fourth-order valence-corrected chi connectivity index (χ4v) is 9.25. The molecule has 0 spiro atoms. The molecule has 9 aromatic rings. The van der Waals surface area contributed by atoms with Crippen molar-refractivity contribution < 1.29 is 4.42 Å². The summed E-state index contributed by atoms with van der Waals surface area (Å²) in [7, 11) is 0. The number of nitrogens with zero attached hydrogens (tertiary/aromatic N) is 4. The molecule has 12 rings (SSSR count). The van der Waals surface area contributed by atoms with E-state index in [0.717, 1.165) is 62.1 Å². The van der Waals surface area contributed by atoms with Crippen molar-refractivity contribution in [3.8, 4) is 34.2 Å². The Morgan fingerprint density at radius 2 is 1.28 bits per heavy atom. The van der Waals surface area contributed by atoms with Crippen molar-refractivity contribution in [1.82, 2.24) is 15.0 Å². The largest absolute Gasteiger partial charge is 0.456 e. The zero-order valence-corrected chi connectivity index (χ0v) is 31.4. The number of fused-ring (bicyclic) bond motifs is 5. The Kier molecular flexibility index (Phi) is 7.29. The third kappa shape index (κ3) is 5.07. The molecular weight excluding hydrogens is 709 g/mol. The summed E-state index contributed by atoms with van der Waals surface area (Å²) >= 11 is 0. The predicted molar refractivity (Wildman–Crippen MR) is 236 cm³/mol. The second kappa shape index (κ2) is 13.0. The summed E-state index contributed by atoms with van der Waals surface area (Å²) in [6.45, 7) is 0. The number of benzene rings is 7. The van der Waals surface area contributed by atoms with Crippen molar-refractivity contribution in [3.63, 3.8) is 0 Å². The van der Waals surface area contributed by atoms with Crippen LogP contribution in [-0.2, 0) is 0 Å². The van der Waals surface area contributed by atoms with Crippen LogP contribution in [0.15, 0.2) is 204 Å². The van der Waals surface area contributed by atoms with Crippen molar-refractivity contribution in [3.05, 3.63) is 210 Å². The summed E-state index contributed by atoms with van der Waals surface area (Å²) in [4.78, 5) is 17.4. The lowest BCUT2D eigenvalue weighted by atomic mass is 9.70. The fraction of sp³-hybridized carbons (Fsp3) is 0.0377. The van der Waals surface area contributed by atoms with Crippen molar-refractivity contribution in [2.45, 2.75) is 12.3 Å². The van der Waals surface area contributed by atoms with Gasteiger partial charge >= 0.3 is 0 Å². The number of aromatic nitrogens is 3. The van der Waals surface area contributed by atoms with E-state index < -0.39 is 0 Å². The van der Waals surface area contributed by atoms with Crippen LogP contribution < -0.4 is 4.90 Å². The molecule has 0 N–H and O–H groups in total. The van der Waals surface area contributed by atoms with Gasteiger partial charge in [0.25, 0.3) is 0 Å². The summed E-state index contributed by atoms with van der Waals surface area (Å²) in [5, 5.41) is 4.51. The van der Waals surface area contributed by atoms with Crippen LogP contribution in [0.25, 0.3) is 72.4 Å². The molecule has 1 atom stereocenters. The molecule has 58 heavy (non-hydrogen) atoms. The molecule has 3 aliphatic carbocycles. The summed E-state index contributed by atoms with van der Waals surface area (Å²) in [5.41, 5.74) is 14.4. The van der Waals surface area contributed by atoms with Crippen LogP contribution in [0.4, 0.5) is 17.1 Å². The summed E-state index contributed by atoms with van der Waals surface area (Å²) in [6, 6.07) is 54.9. The van der Waals surface area contributed by atoms with Crippen LogP contribution in [0.2, 0.25) is 0 Å². The molecule has 0 bridgehead atoms. The van der Waals surface area contributed by atoms with Gasteiger partial charge < -0.3 is 9.32 Å². The van der Waals surface area contributed by atoms with Gasteiger partial charge in [-0.15, -0.1) is 0 Å². The van der Waals surface area contributed by atoms with E-state index in [2.05, 4.69) is 120 Å². The molecule has 1 unspecified atom stereocenters. The Bertz CT molecular complexity index is 3190. The summed E-state index contributed by atoms with van der Waals surface area (Å²) in [5.74, 6) is 2.09. The van der Waals surface area contributed by atoms with E-state index in [1.165, 1.54) is 38.6 Å². The second-order valence-electron chi connectivity index (χ2n) is 15.1. The Morgan fingerprint density at radius 1 is 0.552 bits per heavy atom. The van der Waals surface area contributed by atoms with Crippen LogP contribution in [0.5, 0.6) is 0 Å². The first-order chi connectivity index (χ1) is 28.8. The predicted octanol–water partition coefficient (Wildman–Crippen LogP) is 13.7. The van der Waals surface area contributed by atoms with Crippen molar-refractivity contribution in [2.24, 2.45) is 0 Å². The number of allylic oxidation sites excluding steroid dienone is 8. The van der Waals surface area contributed by atoms with Gasteiger partial charge in [0, 0.05) is 56.2 Å². The van der Waals surface area contributed by atoms with Crippen LogP contribution in [0.1, 0.15) is 23.5 Å². The van der Waals surface area contributed by atoms with Gasteiger partial charge in [-0.25, -0.2) is 15.0 Å². The molecule has 0 radical (unpaired) electrons. The molecule has 272 valence electrons. The fourth-order valence-electron chi connectivity index (χ4n) is 9.25. The third-order valence-electron chi connectivity index (χ3n) is 11.8. The first-order valence-corrected chi connectivity index (χ1v) is 19.8. The van der Waals surface area contributed by atoms with Gasteiger partial charge in [0.15, 0.2) is 17.5 Å². The van der Waals surface area contributed by atoms with Gasteiger partial charge in [-0.1, -0.05) is 146 Å². The highest BCUT2D eigenvalue weighted by Crippen LogP contribution is 2.53. The average Bonchev–Trinajstić information content (AvgIpc) is 3.68. The topological polar surface area (TPSA) is 55.1 Å². The molecule has 0 saturated heterocycles. The first kappa shape index (κ1) is 32.6. The van der Waals surface area contributed by atoms with Gasteiger partial charge in [-0.3, -0.25) is 0 Å². The molecule has 0 saturated carbocycles. The van der Waals surface area contributed by atoms with E-state index in [4.69, 9.17) is 19.4 Å². The maximum Gasteiger partial charge on any atom is 0.164 e. The minimum absolute atomic E-state index is 0.245. The van der Waals surface area contributed by atoms with E-state index in [-0.39, 0.29) is 5.92 Å². The van der Waals surface area contributed by atoms with E-state index in [9.17, 15) is 0 Å². The lowest BCUT2D eigenvalue weighted by Gasteiger charge is -2.35. The molecule has 0 amide bonds. The Morgan fingerprint density at radius 3 is 2.05 bits per heavy atom. The zero-order chi connectivity index (χ0) is 38.2. The smallest absolute Gasteiger partial charge is 0.164 e. The number of furan rings is 1. The average molecular weight is 743 g/mol. The number of hydrogen-bond acceptors (Lipinski definition) is 5. The lowest BCUT2D eigenvalue weighted by Crippen LogP contribution is -2.16. The van der Waals surface area contributed by atoms with Gasteiger partial charge in [-0.2, -0.15) is 0 Å². The highest BCUT2D eigenvalue weighted by Gasteiger charge is 2.32.